The molecule has 8 heteroatoms. The van der Waals surface area contributed by atoms with Crippen molar-refractivity contribution >= 4 is 34.4 Å². The van der Waals surface area contributed by atoms with Crippen molar-refractivity contribution in [2.24, 2.45) is 5.92 Å². The average Bonchev–Trinajstić information content (AvgIpc) is 2.83. The smallest absolute Gasteiger partial charge is 0.319 e. The minimum Gasteiger partial charge on any atom is -0.362 e. The zero-order valence-electron chi connectivity index (χ0n) is 19.0. The third-order valence-corrected chi connectivity index (χ3v) is 5.99. The molecule has 2 aromatic carbocycles. The van der Waals surface area contributed by atoms with Crippen molar-refractivity contribution in [2.75, 3.05) is 36.2 Å². The number of nitrogens with zero attached hydrogens (tertiary/aromatic N) is 4. The number of hydrogen-bond donors (Lipinski definition) is 3. The van der Waals surface area contributed by atoms with E-state index in [0.29, 0.717) is 35.7 Å². The van der Waals surface area contributed by atoms with Gasteiger partial charge in [-0.2, -0.15) is 10.2 Å². The SMILES string of the molecule is CN(C)c1nc(NC2CCC(CNC(=O)Nc3cccc(C#N)c3)CC2)nc2ccccc12. The largest absolute Gasteiger partial charge is 0.362 e. The van der Waals surface area contributed by atoms with Gasteiger partial charge in [0.05, 0.1) is 17.1 Å². The number of hydrogen-bond acceptors (Lipinski definition) is 6. The number of nitriles is 1. The monoisotopic (exact) mass is 443 g/mol. The van der Waals surface area contributed by atoms with Crippen LogP contribution in [-0.4, -0.2) is 42.7 Å². The molecule has 1 saturated carbocycles. The number of amides is 2. The quantitative estimate of drug-likeness (QED) is 0.523. The summed E-state index contributed by atoms with van der Waals surface area (Å²) in [7, 11) is 3.99. The first-order chi connectivity index (χ1) is 16.0. The molecule has 0 spiro atoms. The number of benzene rings is 2. The van der Waals surface area contributed by atoms with Crippen molar-refractivity contribution < 1.29 is 4.79 Å². The number of urea groups is 1. The third kappa shape index (κ3) is 5.69. The number of rotatable bonds is 6. The Kier molecular flexibility index (Phi) is 6.89. The molecule has 0 radical (unpaired) electrons. The molecule has 170 valence electrons. The number of anilines is 3. The Morgan fingerprint density at radius 2 is 1.88 bits per heavy atom. The summed E-state index contributed by atoms with van der Waals surface area (Å²) in [4.78, 5) is 23.7. The first-order valence-corrected chi connectivity index (χ1v) is 11.3. The molecule has 2 amide bonds. The lowest BCUT2D eigenvalue weighted by molar-refractivity contribution is 0.246. The third-order valence-electron chi connectivity index (χ3n) is 5.99. The molecule has 0 bridgehead atoms. The summed E-state index contributed by atoms with van der Waals surface area (Å²) in [5.74, 6) is 2.01. The molecular formula is C25H29N7O. The van der Waals surface area contributed by atoms with E-state index in [1.165, 1.54) is 0 Å². The van der Waals surface area contributed by atoms with Crippen LogP contribution in [0.2, 0.25) is 0 Å². The average molecular weight is 444 g/mol. The van der Waals surface area contributed by atoms with Gasteiger partial charge in [0.2, 0.25) is 5.95 Å². The van der Waals surface area contributed by atoms with E-state index in [1.807, 2.05) is 43.3 Å². The molecule has 1 aliphatic carbocycles. The Morgan fingerprint density at radius 1 is 1.09 bits per heavy atom. The van der Waals surface area contributed by atoms with E-state index in [4.69, 9.17) is 15.2 Å². The topological polar surface area (TPSA) is 106 Å². The highest BCUT2D eigenvalue weighted by Crippen LogP contribution is 2.28. The van der Waals surface area contributed by atoms with Gasteiger partial charge in [0, 0.05) is 37.8 Å². The van der Waals surface area contributed by atoms with Crippen LogP contribution in [0.5, 0.6) is 0 Å². The van der Waals surface area contributed by atoms with Crippen molar-refractivity contribution in [2.45, 2.75) is 31.7 Å². The Bertz CT molecular complexity index is 1160. The minimum atomic E-state index is -0.244. The molecule has 0 aliphatic heterocycles. The number of fused-ring (bicyclic) bond motifs is 1. The number of para-hydroxylation sites is 1. The highest BCUT2D eigenvalue weighted by Gasteiger charge is 2.22. The van der Waals surface area contributed by atoms with E-state index in [1.54, 1.807) is 24.3 Å². The zero-order valence-corrected chi connectivity index (χ0v) is 19.0. The van der Waals surface area contributed by atoms with Gasteiger partial charge in [0.25, 0.3) is 0 Å². The van der Waals surface area contributed by atoms with Crippen LogP contribution < -0.4 is 20.9 Å². The molecule has 1 aliphatic rings. The summed E-state index contributed by atoms with van der Waals surface area (Å²) >= 11 is 0. The molecule has 0 saturated heterocycles. The van der Waals surface area contributed by atoms with E-state index >= 15 is 0 Å². The predicted molar refractivity (Wildman–Crippen MR) is 131 cm³/mol. The van der Waals surface area contributed by atoms with E-state index in [0.717, 1.165) is 42.4 Å². The maximum Gasteiger partial charge on any atom is 0.319 e. The van der Waals surface area contributed by atoms with Gasteiger partial charge in [-0.05, 0) is 61.9 Å². The number of carbonyl (C=O) groups is 1. The molecule has 4 rings (SSSR count). The molecule has 8 nitrogen and oxygen atoms in total. The fraction of sp³-hybridized carbons (Fsp3) is 0.360. The normalized spacial score (nSPS) is 17.7. The summed E-state index contributed by atoms with van der Waals surface area (Å²) in [6.45, 7) is 0.633. The van der Waals surface area contributed by atoms with Crippen LogP contribution in [0.1, 0.15) is 31.2 Å². The maximum atomic E-state index is 12.2. The van der Waals surface area contributed by atoms with Crippen LogP contribution in [0, 0.1) is 17.2 Å². The Hall–Kier alpha value is -3.86. The van der Waals surface area contributed by atoms with Crippen molar-refractivity contribution in [3.63, 3.8) is 0 Å². The first kappa shape index (κ1) is 22.3. The molecule has 33 heavy (non-hydrogen) atoms. The minimum absolute atomic E-state index is 0.244. The first-order valence-electron chi connectivity index (χ1n) is 11.3. The summed E-state index contributed by atoms with van der Waals surface area (Å²) in [6.07, 6.45) is 4.06. The molecule has 0 unspecified atom stereocenters. The Balaban J connectivity index is 1.27. The molecule has 3 N–H and O–H groups in total. The van der Waals surface area contributed by atoms with Crippen LogP contribution in [0.15, 0.2) is 48.5 Å². The summed E-state index contributed by atoms with van der Waals surface area (Å²) in [5.41, 5.74) is 2.07. The summed E-state index contributed by atoms with van der Waals surface area (Å²) < 4.78 is 0. The maximum absolute atomic E-state index is 12.2. The van der Waals surface area contributed by atoms with Gasteiger partial charge in [-0.1, -0.05) is 18.2 Å². The second-order valence-electron chi connectivity index (χ2n) is 8.67. The second kappa shape index (κ2) is 10.2. The number of nitrogens with one attached hydrogen (secondary N) is 3. The van der Waals surface area contributed by atoms with Crippen LogP contribution in [0.3, 0.4) is 0 Å². The molecule has 0 atom stereocenters. The van der Waals surface area contributed by atoms with Gasteiger partial charge in [0.1, 0.15) is 5.82 Å². The van der Waals surface area contributed by atoms with Gasteiger partial charge in [-0.15, -0.1) is 0 Å². The van der Waals surface area contributed by atoms with Gasteiger partial charge in [-0.3, -0.25) is 0 Å². The fourth-order valence-corrected chi connectivity index (χ4v) is 4.24. The Labute approximate surface area is 194 Å². The number of aromatic nitrogens is 2. The van der Waals surface area contributed by atoms with Crippen molar-refractivity contribution in [1.82, 2.24) is 15.3 Å². The second-order valence-corrected chi connectivity index (χ2v) is 8.67. The molecule has 1 heterocycles. The van der Waals surface area contributed by atoms with Gasteiger partial charge in [0.15, 0.2) is 0 Å². The van der Waals surface area contributed by atoms with E-state index in [-0.39, 0.29) is 6.03 Å². The van der Waals surface area contributed by atoms with E-state index < -0.39 is 0 Å². The molecule has 1 aromatic heterocycles. The van der Waals surface area contributed by atoms with Gasteiger partial charge < -0.3 is 20.9 Å². The molecule has 3 aromatic rings. The fourth-order valence-electron chi connectivity index (χ4n) is 4.24. The van der Waals surface area contributed by atoms with Crippen molar-refractivity contribution in [1.29, 1.82) is 5.26 Å². The lowest BCUT2D eigenvalue weighted by Gasteiger charge is -2.29. The van der Waals surface area contributed by atoms with E-state index in [2.05, 4.69) is 22.0 Å². The zero-order chi connectivity index (χ0) is 23.2. The predicted octanol–water partition coefficient (Wildman–Crippen LogP) is 4.36. The van der Waals surface area contributed by atoms with Gasteiger partial charge in [-0.25, -0.2) is 9.78 Å². The van der Waals surface area contributed by atoms with E-state index in [9.17, 15) is 4.79 Å². The summed E-state index contributed by atoms with van der Waals surface area (Å²) in [6, 6.07) is 17.1. The lowest BCUT2D eigenvalue weighted by Crippen LogP contribution is -2.36. The van der Waals surface area contributed by atoms with Gasteiger partial charge >= 0.3 is 6.03 Å². The highest BCUT2D eigenvalue weighted by molar-refractivity contribution is 5.90. The van der Waals surface area contributed by atoms with Crippen LogP contribution in [-0.2, 0) is 0 Å². The van der Waals surface area contributed by atoms with Crippen molar-refractivity contribution in [3.8, 4) is 6.07 Å². The lowest BCUT2D eigenvalue weighted by atomic mass is 9.86. The number of carbonyl (C=O) groups excluding carboxylic acids is 1. The standard InChI is InChI=1S/C25H29N7O/c1-32(2)23-21-8-3-4-9-22(21)30-24(31-23)28-19-12-10-17(11-13-19)16-27-25(33)29-20-7-5-6-18(14-20)15-26/h3-9,14,17,19H,10-13,16H2,1-2H3,(H2,27,29,33)(H,28,30,31). The summed E-state index contributed by atoms with van der Waals surface area (Å²) in [5, 5.41) is 19.3. The highest BCUT2D eigenvalue weighted by atomic mass is 16.2. The Morgan fingerprint density at radius 3 is 2.64 bits per heavy atom. The van der Waals surface area contributed by atoms with Crippen molar-refractivity contribution in [3.05, 3.63) is 54.1 Å². The van der Waals surface area contributed by atoms with Crippen LogP contribution in [0.4, 0.5) is 22.2 Å². The molecular weight excluding hydrogens is 414 g/mol. The molecule has 1 fully saturated rings. The van der Waals surface area contributed by atoms with Crippen LogP contribution in [0.25, 0.3) is 10.9 Å². The van der Waals surface area contributed by atoms with Crippen LogP contribution >= 0.6 is 0 Å².